The molecular weight excluding hydrogens is 300 g/mol. The molecule has 0 saturated heterocycles. The molecule has 4 nitrogen and oxygen atoms in total. The normalized spacial score (nSPS) is 34.7. The van der Waals surface area contributed by atoms with Gasteiger partial charge in [-0.3, -0.25) is 0 Å². The molecular formula is C20H28N2O2. The Morgan fingerprint density at radius 1 is 1.08 bits per heavy atom. The number of ether oxygens (including phenoxy) is 1. The summed E-state index contributed by atoms with van der Waals surface area (Å²) in [6.45, 7) is 2.03. The second-order valence-corrected chi connectivity index (χ2v) is 8.29. The van der Waals surface area contributed by atoms with E-state index in [9.17, 15) is 4.79 Å². The highest BCUT2D eigenvalue weighted by molar-refractivity contribution is 5.75. The first-order valence-corrected chi connectivity index (χ1v) is 9.28. The molecule has 0 aromatic heterocycles. The summed E-state index contributed by atoms with van der Waals surface area (Å²) in [7, 11) is 1.66. The van der Waals surface area contributed by atoms with Gasteiger partial charge >= 0.3 is 6.03 Å². The monoisotopic (exact) mass is 328 g/mol. The van der Waals surface area contributed by atoms with Gasteiger partial charge in [0.05, 0.1) is 13.2 Å². The van der Waals surface area contributed by atoms with Crippen molar-refractivity contribution in [2.75, 3.05) is 7.11 Å². The van der Waals surface area contributed by atoms with Crippen molar-refractivity contribution < 1.29 is 9.53 Å². The third-order valence-corrected chi connectivity index (χ3v) is 6.38. The van der Waals surface area contributed by atoms with Gasteiger partial charge < -0.3 is 15.4 Å². The second kappa shape index (κ2) is 5.98. The second-order valence-electron chi connectivity index (χ2n) is 8.29. The van der Waals surface area contributed by atoms with E-state index in [1.54, 1.807) is 7.11 Å². The van der Waals surface area contributed by atoms with Crippen molar-refractivity contribution in [2.45, 2.75) is 57.0 Å². The number of carbonyl (C=O) groups is 1. The first kappa shape index (κ1) is 15.8. The summed E-state index contributed by atoms with van der Waals surface area (Å²) in [6, 6.07) is 7.86. The topological polar surface area (TPSA) is 50.4 Å². The zero-order valence-corrected chi connectivity index (χ0v) is 14.7. The lowest BCUT2D eigenvalue weighted by molar-refractivity contribution is -0.0136. The van der Waals surface area contributed by atoms with E-state index in [1.807, 2.05) is 31.2 Å². The fraction of sp³-hybridized carbons (Fsp3) is 0.650. The average Bonchev–Trinajstić information content (AvgIpc) is 2.53. The lowest BCUT2D eigenvalue weighted by Crippen LogP contribution is -2.61. The van der Waals surface area contributed by atoms with Crippen LogP contribution in [0.4, 0.5) is 4.79 Å². The first-order valence-electron chi connectivity index (χ1n) is 9.28. The van der Waals surface area contributed by atoms with Crippen molar-refractivity contribution in [3.05, 3.63) is 29.8 Å². The van der Waals surface area contributed by atoms with Crippen molar-refractivity contribution in [2.24, 2.45) is 17.8 Å². The molecule has 130 valence electrons. The fourth-order valence-corrected chi connectivity index (χ4v) is 5.71. The number of methoxy groups -OCH3 is 1. The smallest absolute Gasteiger partial charge is 0.315 e. The van der Waals surface area contributed by atoms with E-state index in [0.29, 0.717) is 0 Å². The molecule has 5 rings (SSSR count). The van der Waals surface area contributed by atoms with Gasteiger partial charge in [-0.2, -0.15) is 0 Å². The largest absolute Gasteiger partial charge is 0.497 e. The lowest BCUT2D eigenvalue weighted by Gasteiger charge is -2.56. The minimum atomic E-state index is -0.0136. The third-order valence-electron chi connectivity index (χ3n) is 6.38. The molecule has 2 amide bonds. The Kier molecular flexibility index (Phi) is 3.93. The van der Waals surface area contributed by atoms with Gasteiger partial charge in [0.25, 0.3) is 0 Å². The summed E-state index contributed by atoms with van der Waals surface area (Å²) >= 11 is 0. The number of carbonyl (C=O) groups excluding carboxylic acids is 1. The quantitative estimate of drug-likeness (QED) is 0.877. The van der Waals surface area contributed by atoms with Crippen LogP contribution in [0.1, 0.15) is 57.1 Å². The predicted molar refractivity (Wildman–Crippen MR) is 94.0 cm³/mol. The van der Waals surface area contributed by atoms with Crippen molar-refractivity contribution in [1.29, 1.82) is 0 Å². The van der Waals surface area contributed by atoms with Crippen LogP contribution in [0, 0.1) is 17.8 Å². The molecule has 4 heteroatoms. The zero-order valence-electron chi connectivity index (χ0n) is 14.7. The van der Waals surface area contributed by atoms with Crippen LogP contribution in [0.2, 0.25) is 0 Å². The molecule has 4 saturated carbocycles. The predicted octanol–water partition coefficient (Wildman–Crippen LogP) is 4.02. The highest BCUT2D eigenvalue weighted by Crippen LogP contribution is 2.55. The Hall–Kier alpha value is -1.71. The van der Waals surface area contributed by atoms with Gasteiger partial charge in [0.15, 0.2) is 0 Å². The average molecular weight is 328 g/mol. The molecule has 24 heavy (non-hydrogen) atoms. The number of nitrogens with one attached hydrogen (secondary N) is 2. The number of hydrogen-bond donors (Lipinski definition) is 2. The molecule has 1 aromatic carbocycles. The van der Waals surface area contributed by atoms with Gasteiger partial charge in [0, 0.05) is 5.54 Å². The molecule has 1 unspecified atom stereocenters. The van der Waals surface area contributed by atoms with Crippen molar-refractivity contribution in [3.8, 4) is 5.75 Å². The molecule has 0 heterocycles. The van der Waals surface area contributed by atoms with Gasteiger partial charge in [0.2, 0.25) is 0 Å². The van der Waals surface area contributed by atoms with E-state index in [2.05, 4.69) is 10.6 Å². The molecule has 4 aliphatic carbocycles. The molecule has 4 aliphatic rings. The van der Waals surface area contributed by atoms with E-state index >= 15 is 0 Å². The lowest BCUT2D eigenvalue weighted by atomic mass is 9.53. The maximum absolute atomic E-state index is 12.6. The molecule has 0 aliphatic heterocycles. The molecule has 2 N–H and O–H groups in total. The van der Waals surface area contributed by atoms with Crippen LogP contribution in [0.25, 0.3) is 0 Å². The summed E-state index contributed by atoms with van der Waals surface area (Å²) in [5, 5.41) is 6.49. The summed E-state index contributed by atoms with van der Waals surface area (Å²) in [4.78, 5) is 12.6. The number of urea groups is 1. The summed E-state index contributed by atoms with van der Waals surface area (Å²) in [5.41, 5.74) is 1.16. The van der Waals surface area contributed by atoms with E-state index in [-0.39, 0.29) is 17.6 Å². The standard InChI is InChI=1S/C20H28N2O2/c1-13(17-3-5-18(24-2)6-4-17)21-19(23)22-20-10-14-7-15(11-20)9-16(8-14)12-20/h3-6,13-16H,7-12H2,1-2H3,(H2,21,22,23). The van der Waals surface area contributed by atoms with E-state index in [0.717, 1.165) is 29.1 Å². The van der Waals surface area contributed by atoms with Crippen LogP contribution in [0.3, 0.4) is 0 Å². The van der Waals surface area contributed by atoms with E-state index in [4.69, 9.17) is 4.74 Å². The van der Waals surface area contributed by atoms with Crippen molar-refractivity contribution in [1.82, 2.24) is 10.6 Å². The molecule has 1 atom stereocenters. The van der Waals surface area contributed by atoms with Crippen LogP contribution >= 0.6 is 0 Å². The van der Waals surface area contributed by atoms with Crippen LogP contribution < -0.4 is 15.4 Å². The maximum Gasteiger partial charge on any atom is 0.315 e. The molecule has 4 fully saturated rings. The van der Waals surface area contributed by atoms with Crippen LogP contribution in [-0.4, -0.2) is 18.7 Å². The summed E-state index contributed by atoms with van der Waals surface area (Å²) < 4.78 is 5.19. The SMILES string of the molecule is COc1ccc(C(C)NC(=O)NC23CC4CC(CC(C4)C2)C3)cc1. The van der Waals surface area contributed by atoms with Crippen molar-refractivity contribution in [3.63, 3.8) is 0 Å². The number of rotatable bonds is 4. The number of benzene rings is 1. The zero-order chi connectivity index (χ0) is 16.7. The number of hydrogen-bond acceptors (Lipinski definition) is 2. The van der Waals surface area contributed by atoms with Crippen LogP contribution in [0.5, 0.6) is 5.75 Å². The minimum Gasteiger partial charge on any atom is -0.497 e. The third kappa shape index (κ3) is 2.99. The van der Waals surface area contributed by atoms with Gasteiger partial charge in [0.1, 0.15) is 5.75 Å². The Bertz CT molecular complexity index is 575. The maximum atomic E-state index is 12.6. The van der Waals surface area contributed by atoms with E-state index < -0.39 is 0 Å². The first-order chi connectivity index (χ1) is 11.5. The van der Waals surface area contributed by atoms with Crippen LogP contribution in [0.15, 0.2) is 24.3 Å². The minimum absolute atomic E-state index is 0.00943. The highest BCUT2D eigenvalue weighted by atomic mass is 16.5. The Labute approximate surface area is 144 Å². The summed E-state index contributed by atoms with van der Waals surface area (Å²) in [6.07, 6.45) is 7.73. The molecule has 0 radical (unpaired) electrons. The van der Waals surface area contributed by atoms with E-state index in [1.165, 1.54) is 38.5 Å². The van der Waals surface area contributed by atoms with Gasteiger partial charge in [-0.25, -0.2) is 4.79 Å². The summed E-state index contributed by atoms with van der Waals surface area (Å²) in [5.74, 6) is 3.37. The highest BCUT2D eigenvalue weighted by Gasteiger charge is 2.51. The van der Waals surface area contributed by atoms with Gasteiger partial charge in [-0.15, -0.1) is 0 Å². The van der Waals surface area contributed by atoms with Gasteiger partial charge in [-0.05, 0) is 80.9 Å². The molecule has 4 bridgehead atoms. The Morgan fingerprint density at radius 3 is 2.12 bits per heavy atom. The fourth-order valence-electron chi connectivity index (χ4n) is 5.71. The van der Waals surface area contributed by atoms with Crippen LogP contribution in [-0.2, 0) is 0 Å². The Balaban J connectivity index is 1.37. The molecule has 0 spiro atoms. The van der Waals surface area contributed by atoms with Crippen molar-refractivity contribution >= 4 is 6.03 Å². The van der Waals surface area contributed by atoms with Gasteiger partial charge in [-0.1, -0.05) is 12.1 Å². The molecule has 1 aromatic rings. The number of amides is 2. The Morgan fingerprint density at radius 2 is 1.62 bits per heavy atom.